The van der Waals surface area contributed by atoms with E-state index in [0.29, 0.717) is 53.6 Å². The second-order valence-corrected chi connectivity index (χ2v) is 6.71. The molecule has 1 amide bonds. The number of amides is 1. The van der Waals surface area contributed by atoms with E-state index in [1.807, 2.05) is 13.0 Å². The Kier molecular flexibility index (Phi) is 4.29. The lowest BCUT2D eigenvalue weighted by atomic mass is 10.1. The van der Waals surface area contributed by atoms with Gasteiger partial charge in [0, 0.05) is 30.1 Å². The van der Waals surface area contributed by atoms with Crippen LogP contribution in [0.15, 0.2) is 29.3 Å². The van der Waals surface area contributed by atoms with Crippen molar-refractivity contribution in [1.82, 2.24) is 29.4 Å². The first-order valence-electron chi connectivity index (χ1n) is 8.30. The van der Waals surface area contributed by atoms with Crippen LogP contribution in [0.1, 0.15) is 33.5 Å². The summed E-state index contributed by atoms with van der Waals surface area (Å²) >= 11 is 1.11. The summed E-state index contributed by atoms with van der Waals surface area (Å²) < 4.78 is 3.89. The van der Waals surface area contributed by atoms with Gasteiger partial charge in [0.1, 0.15) is 10.7 Å². The number of nitrogens with zero attached hydrogens (tertiary/aromatic N) is 5. The maximum atomic E-state index is 12.8. The van der Waals surface area contributed by atoms with Crippen LogP contribution >= 0.6 is 11.5 Å². The fraction of sp³-hybridized carbons (Fsp3) is 0.294. The summed E-state index contributed by atoms with van der Waals surface area (Å²) in [4.78, 5) is 39.0. The number of hydrogen-bond acceptors (Lipinski definition) is 7. The molecule has 0 atom stereocenters. The zero-order valence-electron chi connectivity index (χ0n) is 14.1. The molecule has 3 aromatic rings. The van der Waals surface area contributed by atoms with E-state index < -0.39 is 0 Å². The number of rotatable bonds is 3. The highest BCUT2D eigenvalue weighted by Gasteiger charge is 2.28. The third kappa shape index (κ3) is 2.90. The zero-order chi connectivity index (χ0) is 18.1. The molecule has 0 aromatic carbocycles. The lowest BCUT2D eigenvalue weighted by Crippen LogP contribution is -2.39. The fourth-order valence-electron chi connectivity index (χ4n) is 3.00. The first kappa shape index (κ1) is 16.5. The Labute approximate surface area is 153 Å². The standard InChI is InChI=1S/C17H16N6O2S/c1-2-12-14(26-22-21-12)17(25)23-7-5-11-13(9-23)19-15(20-16(11)24)10-4-3-6-18-8-10/h3-4,6,8H,2,5,7,9H2,1H3,(H,19,20,24). The monoisotopic (exact) mass is 368 g/mol. The molecule has 1 aliphatic heterocycles. The van der Waals surface area contributed by atoms with Crippen molar-refractivity contribution >= 4 is 17.4 Å². The van der Waals surface area contributed by atoms with Crippen LogP contribution in [-0.4, -0.2) is 41.9 Å². The molecule has 9 heteroatoms. The molecule has 0 bridgehead atoms. The van der Waals surface area contributed by atoms with Gasteiger partial charge in [-0.25, -0.2) is 4.98 Å². The van der Waals surface area contributed by atoms with E-state index in [2.05, 4.69) is 24.5 Å². The minimum atomic E-state index is -0.158. The number of aromatic nitrogens is 5. The second-order valence-electron chi connectivity index (χ2n) is 5.96. The van der Waals surface area contributed by atoms with Crippen LogP contribution in [0.3, 0.4) is 0 Å². The van der Waals surface area contributed by atoms with Crippen LogP contribution in [0.5, 0.6) is 0 Å². The molecule has 26 heavy (non-hydrogen) atoms. The predicted molar refractivity (Wildman–Crippen MR) is 95.8 cm³/mol. The molecule has 0 fully saturated rings. The highest BCUT2D eigenvalue weighted by molar-refractivity contribution is 7.08. The molecule has 1 aliphatic rings. The van der Waals surface area contributed by atoms with Crippen LogP contribution in [0.4, 0.5) is 0 Å². The van der Waals surface area contributed by atoms with Crippen LogP contribution in [0.25, 0.3) is 11.4 Å². The van der Waals surface area contributed by atoms with Gasteiger partial charge in [-0.3, -0.25) is 14.6 Å². The van der Waals surface area contributed by atoms with Gasteiger partial charge in [-0.1, -0.05) is 11.4 Å². The third-order valence-corrected chi connectivity index (χ3v) is 5.14. The van der Waals surface area contributed by atoms with Crippen LogP contribution in [0.2, 0.25) is 0 Å². The molecular weight excluding hydrogens is 352 g/mol. The average molecular weight is 368 g/mol. The highest BCUT2D eigenvalue weighted by atomic mass is 32.1. The molecule has 3 aromatic heterocycles. The second kappa shape index (κ2) is 6.75. The molecule has 4 rings (SSSR count). The summed E-state index contributed by atoms with van der Waals surface area (Å²) in [5, 5.41) is 4.01. The van der Waals surface area contributed by atoms with Crippen molar-refractivity contribution in [3.63, 3.8) is 0 Å². The number of pyridine rings is 1. The van der Waals surface area contributed by atoms with E-state index in [9.17, 15) is 9.59 Å². The molecule has 0 saturated carbocycles. The summed E-state index contributed by atoms with van der Waals surface area (Å²) in [6.45, 7) is 2.72. The molecule has 4 heterocycles. The smallest absolute Gasteiger partial charge is 0.267 e. The normalized spacial score (nSPS) is 13.5. The van der Waals surface area contributed by atoms with Crippen molar-refractivity contribution in [3.05, 3.63) is 56.7 Å². The van der Waals surface area contributed by atoms with E-state index in [0.717, 1.165) is 17.1 Å². The van der Waals surface area contributed by atoms with Crippen LogP contribution in [0, 0.1) is 0 Å². The molecule has 1 N–H and O–H groups in total. The van der Waals surface area contributed by atoms with Gasteiger partial charge < -0.3 is 9.88 Å². The molecule has 8 nitrogen and oxygen atoms in total. The number of nitrogens with one attached hydrogen (secondary N) is 1. The molecular formula is C17H16N6O2S. The Hall–Kier alpha value is -2.94. The van der Waals surface area contributed by atoms with E-state index in [-0.39, 0.29) is 11.5 Å². The summed E-state index contributed by atoms with van der Waals surface area (Å²) in [7, 11) is 0. The summed E-state index contributed by atoms with van der Waals surface area (Å²) in [5.41, 5.74) is 2.55. The summed E-state index contributed by atoms with van der Waals surface area (Å²) in [6.07, 6.45) is 4.44. The Bertz CT molecular complexity index is 1010. The Balaban J connectivity index is 1.67. The van der Waals surface area contributed by atoms with Crippen molar-refractivity contribution in [2.75, 3.05) is 6.54 Å². The SMILES string of the molecule is CCc1nnsc1C(=O)N1CCc2c(nc(-c3cccnc3)[nH]c2=O)C1. The number of carbonyl (C=O) groups excluding carboxylic acids is 1. The summed E-state index contributed by atoms with van der Waals surface area (Å²) in [5.74, 6) is 0.359. The Morgan fingerprint density at radius 3 is 3.08 bits per heavy atom. The molecule has 132 valence electrons. The average Bonchev–Trinajstić information content (AvgIpc) is 3.16. The van der Waals surface area contributed by atoms with Crippen molar-refractivity contribution in [2.45, 2.75) is 26.3 Å². The molecule has 0 spiro atoms. The lowest BCUT2D eigenvalue weighted by molar-refractivity contribution is 0.0735. The van der Waals surface area contributed by atoms with Gasteiger partial charge in [0.15, 0.2) is 0 Å². The van der Waals surface area contributed by atoms with E-state index >= 15 is 0 Å². The summed E-state index contributed by atoms with van der Waals surface area (Å²) in [6, 6.07) is 3.62. The Morgan fingerprint density at radius 2 is 2.31 bits per heavy atom. The molecule has 0 saturated heterocycles. The number of carbonyl (C=O) groups is 1. The third-order valence-electron chi connectivity index (χ3n) is 4.38. The van der Waals surface area contributed by atoms with Crippen LogP contribution in [-0.2, 0) is 19.4 Å². The van der Waals surface area contributed by atoms with Gasteiger partial charge in [0.2, 0.25) is 0 Å². The highest BCUT2D eigenvalue weighted by Crippen LogP contribution is 2.21. The first-order chi connectivity index (χ1) is 12.7. The van der Waals surface area contributed by atoms with E-state index in [1.54, 1.807) is 23.4 Å². The minimum absolute atomic E-state index is 0.104. The zero-order valence-corrected chi connectivity index (χ0v) is 14.9. The van der Waals surface area contributed by atoms with Crippen molar-refractivity contribution in [3.8, 4) is 11.4 Å². The van der Waals surface area contributed by atoms with Crippen molar-refractivity contribution in [2.24, 2.45) is 0 Å². The number of fused-ring (bicyclic) bond motifs is 1. The van der Waals surface area contributed by atoms with E-state index in [1.165, 1.54) is 0 Å². The Morgan fingerprint density at radius 1 is 1.42 bits per heavy atom. The van der Waals surface area contributed by atoms with Crippen molar-refractivity contribution in [1.29, 1.82) is 0 Å². The molecule has 0 radical (unpaired) electrons. The maximum absolute atomic E-state index is 12.8. The topological polar surface area (TPSA) is 105 Å². The van der Waals surface area contributed by atoms with Gasteiger partial charge >= 0.3 is 0 Å². The minimum Gasteiger partial charge on any atom is -0.332 e. The largest absolute Gasteiger partial charge is 0.332 e. The van der Waals surface area contributed by atoms with Gasteiger partial charge in [-0.05, 0) is 36.5 Å². The number of hydrogen-bond donors (Lipinski definition) is 1. The van der Waals surface area contributed by atoms with Gasteiger partial charge in [0.05, 0.1) is 17.9 Å². The molecule has 0 aliphatic carbocycles. The van der Waals surface area contributed by atoms with Gasteiger partial charge in [0.25, 0.3) is 11.5 Å². The van der Waals surface area contributed by atoms with Crippen LogP contribution < -0.4 is 5.56 Å². The number of aryl methyl sites for hydroxylation is 1. The first-order valence-corrected chi connectivity index (χ1v) is 9.07. The lowest BCUT2D eigenvalue weighted by Gasteiger charge is -2.27. The molecule has 0 unspecified atom stereocenters. The quantitative estimate of drug-likeness (QED) is 0.750. The van der Waals surface area contributed by atoms with Gasteiger partial charge in [-0.2, -0.15) is 0 Å². The number of aromatic amines is 1. The fourth-order valence-corrected chi connectivity index (χ4v) is 3.72. The van der Waals surface area contributed by atoms with E-state index in [4.69, 9.17) is 0 Å². The predicted octanol–water partition coefficient (Wildman–Crippen LogP) is 1.44. The maximum Gasteiger partial charge on any atom is 0.267 e. The van der Waals surface area contributed by atoms with Crippen molar-refractivity contribution < 1.29 is 4.79 Å². The van der Waals surface area contributed by atoms with Gasteiger partial charge in [-0.15, -0.1) is 5.10 Å². The number of H-pyrrole nitrogens is 1.